The fourth-order valence-corrected chi connectivity index (χ4v) is 1.99. The maximum atomic E-state index is 14.3. The molecular formula is C12H13ClFN3O. The Morgan fingerprint density at radius 3 is 2.61 bits per heavy atom. The number of nitrogen functional groups attached to an aromatic ring is 1. The predicted octanol–water partition coefficient (Wildman–Crippen LogP) is 2.78. The maximum absolute atomic E-state index is 14.3. The van der Waals surface area contributed by atoms with Gasteiger partial charge in [0.05, 0.1) is 18.3 Å². The van der Waals surface area contributed by atoms with Gasteiger partial charge in [-0.25, -0.2) is 4.39 Å². The Bertz CT molecular complexity index is 610. The highest BCUT2D eigenvalue weighted by molar-refractivity contribution is 6.33. The molecule has 96 valence electrons. The molecule has 0 aliphatic rings. The summed E-state index contributed by atoms with van der Waals surface area (Å²) in [5.74, 6) is -0.125. The average Bonchev–Trinajstić information content (AvgIpc) is 2.66. The normalized spacial score (nSPS) is 10.7. The molecular weight excluding hydrogens is 257 g/mol. The van der Waals surface area contributed by atoms with Crippen LogP contribution in [0.2, 0.25) is 5.02 Å². The van der Waals surface area contributed by atoms with Crippen molar-refractivity contribution in [2.24, 2.45) is 7.05 Å². The van der Waals surface area contributed by atoms with Gasteiger partial charge in [-0.2, -0.15) is 5.10 Å². The first-order valence-electron chi connectivity index (χ1n) is 5.27. The van der Waals surface area contributed by atoms with Gasteiger partial charge in [-0.15, -0.1) is 0 Å². The summed E-state index contributed by atoms with van der Waals surface area (Å²) in [6.07, 6.45) is 1.51. The summed E-state index contributed by atoms with van der Waals surface area (Å²) in [4.78, 5) is 0. The second-order valence-corrected chi connectivity index (χ2v) is 4.35. The van der Waals surface area contributed by atoms with Crippen LogP contribution in [-0.2, 0) is 7.05 Å². The molecule has 1 aromatic carbocycles. The van der Waals surface area contributed by atoms with Crippen LogP contribution in [0.5, 0.6) is 5.75 Å². The molecule has 4 nitrogen and oxygen atoms in total. The van der Waals surface area contributed by atoms with E-state index in [9.17, 15) is 4.39 Å². The van der Waals surface area contributed by atoms with Gasteiger partial charge < -0.3 is 10.5 Å². The van der Waals surface area contributed by atoms with E-state index in [0.29, 0.717) is 22.5 Å². The minimum Gasteiger partial charge on any atom is -0.492 e. The molecule has 18 heavy (non-hydrogen) atoms. The molecule has 0 spiro atoms. The van der Waals surface area contributed by atoms with Gasteiger partial charge in [0.2, 0.25) is 0 Å². The Morgan fingerprint density at radius 2 is 2.11 bits per heavy atom. The summed E-state index contributed by atoms with van der Waals surface area (Å²) in [6, 6.07) is 1.63. The van der Waals surface area contributed by atoms with Crippen LogP contribution in [-0.4, -0.2) is 16.9 Å². The van der Waals surface area contributed by atoms with Crippen LogP contribution in [0.15, 0.2) is 12.3 Å². The number of nitrogens with two attached hydrogens (primary N) is 1. The number of aryl methyl sites for hydroxylation is 2. The molecule has 0 amide bonds. The summed E-state index contributed by atoms with van der Waals surface area (Å²) in [5, 5.41) is 4.26. The highest BCUT2D eigenvalue weighted by Gasteiger charge is 2.19. The number of rotatable bonds is 2. The number of halogens is 2. The zero-order valence-corrected chi connectivity index (χ0v) is 11.0. The minimum atomic E-state index is -0.534. The first-order valence-corrected chi connectivity index (χ1v) is 5.65. The number of benzene rings is 1. The molecule has 0 radical (unpaired) electrons. The van der Waals surface area contributed by atoms with Gasteiger partial charge in [0.1, 0.15) is 5.82 Å². The molecule has 0 saturated carbocycles. The van der Waals surface area contributed by atoms with E-state index in [0.717, 1.165) is 0 Å². The van der Waals surface area contributed by atoms with Crippen molar-refractivity contribution in [1.82, 2.24) is 9.78 Å². The van der Waals surface area contributed by atoms with E-state index < -0.39 is 5.82 Å². The predicted molar refractivity (Wildman–Crippen MR) is 69.3 cm³/mol. The standard InChI is InChI=1S/C12H13ClFN3O/c1-6-4-7(8-5-16-17(2)12(8)15)10(14)11(18-3)9(6)13/h4-5H,15H2,1-3H3. The van der Waals surface area contributed by atoms with Crippen molar-refractivity contribution in [3.8, 4) is 16.9 Å². The number of ether oxygens (including phenoxy) is 1. The summed E-state index contributed by atoms with van der Waals surface area (Å²) >= 11 is 5.99. The third-order valence-electron chi connectivity index (χ3n) is 2.82. The molecule has 0 fully saturated rings. The molecule has 2 rings (SSSR count). The van der Waals surface area contributed by atoms with Gasteiger partial charge in [-0.05, 0) is 18.6 Å². The summed E-state index contributed by atoms with van der Waals surface area (Å²) < 4.78 is 20.8. The highest BCUT2D eigenvalue weighted by atomic mass is 35.5. The number of anilines is 1. The summed E-state index contributed by atoms with van der Waals surface area (Å²) in [6.45, 7) is 1.78. The molecule has 1 aromatic heterocycles. The Morgan fingerprint density at radius 1 is 1.44 bits per heavy atom. The van der Waals surface area contributed by atoms with Crippen LogP contribution >= 0.6 is 11.6 Å². The van der Waals surface area contributed by atoms with Crippen molar-refractivity contribution in [2.45, 2.75) is 6.92 Å². The second kappa shape index (κ2) is 4.49. The number of aromatic nitrogens is 2. The van der Waals surface area contributed by atoms with Gasteiger partial charge in [0, 0.05) is 18.2 Å². The lowest BCUT2D eigenvalue weighted by atomic mass is 10.0. The third kappa shape index (κ3) is 1.80. The third-order valence-corrected chi connectivity index (χ3v) is 3.29. The number of hydrogen-bond donors (Lipinski definition) is 1. The van der Waals surface area contributed by atoms with E-state index in [2.05, 4.69) is 5.10 Å². The number of methoxy groups -OCH3 is 1. The molecule has 0 saturated heterocycles. The molecule has 0 aliphatic heterocycles. The monoisotopic (exact) mass is 269 g/mol. The number of hydrogen-bond acceptors (Lipinski definition) is 3. The largest absolute Gasteiger partial charge is 0.492 e. The highest BCUT2D eigenvalue weighted by Crippen LogP contribution is 2.38. The quantitative estimate of drug-likeness (QED) is 0.912. The molecule has 0 bridgehead atoms. The Kier molecular flexibility index (Phi) is 3.17. The molecule has 0 atom stereocenters. The topological polar surface area (TPSA) is 53.1 Å². The van der Waals surface area contributed by atoms with Crippen LogP contribution in [0.25, 0.3) is 11.1 Å². The minimum absolute atomic E-state index is 0.0231. The van der Waals surface area contributed by atoms with E-state index in [1.165, 1.54) is 18.0 Å². The van der Waals surface area contributed by atoms with Gasteiger partial charge in [-0.1, -0.05) is 11.6 Å². The van der Waals surface area contributed by atoms with E-state index in [-0.39, 0.29) is 10.8 Å². The van der Waals surface area contributed by atoms with E-state index in [1.54, 1.807) is 20.0 Å². The lowest BCUT2D eigenvalue weighted by Crippen LogP contribution is -2.00. The fourth-order valence-electron chi connectivity index (χ4n) is 1.77. The smallest absolute Gasteiger partial charge is 0.174 e. The van der Waals surface area contributed by atoms with Crippen molar-refractivity contribution in [2.75, 3.05) is 12.8 Å². The lowest BCUT2D eigenvalue weighted by molar-refractivity contribution is 0.387. The van der Waals surface area contributed by atoms with Crippen LogP contribution in [0.4, 0.5) is 10.2 Å². The van der Waals surface area contributed by atoms with Crippen molar-refractivity contribution >= 4 is 17.4 Å². The SMILES string of the molecule is COc1c(F)c(-c2cnn(C)c2N)cc(C)c1Cl. The summed E-state index contributed by atoms with van der Waals surface area (Å²) in [5.41, 5.74) is 7.41. The molecule has 1 heterocycles. The van der Waals surface area contributed by atoms with Crippen LogP contribution in [0.1, 0.15) is 5.56 Å². The second-order valence-electron chi connectivity index (χ2n) is 3.97. The first kappa shape index (κ1) is 12.7. The van der Waals surface area contributed by atoms with Gasteiger partial charge in [0.15, 0.2) is 11.6 Å². The Hall–Kier alpha value is -1.75. The van der Waals surface area contributed by atoms with E-state index in [4.69, 9.17) is 22.1 Å². The molecule has 2 N–H and O–H groups in total. The van der Waals surface area contributed by atoms with E-state index in [1.807, 2.05) is 0 Å². The zero-order chi connectivity index (χ0) is 13.4. The summed E-state index contributed by atoms with van der Waals surface area (Å²) in [7, 11) is 3.07. The Balaban J connectivity index is 2.73. The van der Waals surface area contributed by atoms with Gasteiger partial charge >= 0.3 is 0 Å². The maximum Gasteiger partial charge on any atom is 0.174 e. The molecule has 6 heteroatoms. The number of nitrogens with zero attached hydrogens (tertiary/aromatic N) is 2. The first-order chi connectivity index (χ1) is 8.47. The van der Waals surface area contributed by atoms with Gasteiger partial charge in [0.25, 0.3) is 0 Å². The van der Waals surface area contributed by atoms with Crippen LogP contribution in [0, 0.1) is 12.7 Å². The molecule has 0 unspecified atom stereocenters. The lowest BCUT2D eigenvalue weighted by Gasteiger charge is -2.11. The van der Waals surface area contributed by atoms with Crippen molar-refractivity contribution in [1.29, 1.82) is 0 Å². The van der Waals surface area contributed by atoms with E-state index >= 15 is 0 Å². The van der Waals surface area contributed by atoms with Crippen LogP contribution < -0.4 is 10.5 Å². The zero-order valence-electron chi connectivity index (χ0n) is 10.3. The van der Waals surface area contributed by atoms with Gasteiger partial charge in [-0.3, -0.25) is 4.68 Å². The Labute approximate surface area is 109 Å². The van der Waals surface area contributed by atoms with Crippen LogP contribution in [0.3, 0.4) is 0 Å². The average molecular weight is 270 g/mol. The fraction of sp³-hybridized carbons (Fsp3) is 0.250. The van der Waals surface area contributed by atoms with Crippen molar-refractivity contribution in [3.05, 3.63) is 28.7 Å². The van der Waals surface area contributed by atoms with Crippen molar-refractivity contribution in [3.63, 3.8) is 0 Å². The molecule has 0 aliphatic carbocycles. The molecule has 2 aromatic rings. The van der Waals surface area contributed by atoms with Crippen molar-refractivity contribution < 1.29 is 9.13 Å².